The lowest BCUT2D eigenvalue weighted by atomic mass is 10.1. The Hall–Kier alpha value is -5.96. The van der Waals surface area contributed by atoms with E-state index in [1.807, 2.05) is 50.2 Å². The third-order valence-corrected chi connectivity index (χ3v) is 8.73. The highest BCUT2D eigenvalue weighted by Gasteiger charge is 2.23. The highest BCUT2D eigenvalue weighted by Crippen LogP contribution is 2.33. The van der Waals surface area contributed by atoms with Crippen LogP contribution in [0.25, 0.3) is 22.3 Å². The standard InChI is InChI=1S/C31H29N9O5S/c1-18-13-14-39-26(18)31(42)40(21-7-5-4-6-8-21)29(37-39)19(2)36-28-25(27(32)34-17-35-28)20-15-24(30(41)33-16-20)38-46(43,44)23-11-9-22(45-3)10-12-23/h4-17,19,38H,1-3H3,(H,33,41)(H3,32,34,35,36). The lowest BCUT2D eigenvalue weighted by molar-refractivity contribution is 0.414. The van der Waals surface area contributed by atoms with E-state index in [-0.39, 0.29) is 27.8 Å². The smallest absolute Gasteiger partial charge is 0.282 e. The van der Waals surface area contributed by atoms with Crippen LogP contribution in [0, 0.1) is 6.92 Å². The van der Waals surface area contributed by atoms with E-state index in [0.29, 0.717) is 33.9 Å². The molecular formula is C31H29N9O5S. The number of nitrogens with two attached hydrogens (primary N) is 1. The van der Waals surface area contributed by atoms with E-state index in [1.54, 1.807) is 10.7 Å². The monoisotopic (exact) mass is 639 g/mol. The molecule has 6 rings (SSSR count). The number of nitrogens with one attached hydrogen (secondary N) is 3. The quantitative estimate of drug-likeness (QED) is 0.182. The molecule has 46 heavy (non-hydrogen) atoms. The fourth-order valence-electron chi connectivity index (χ4n) is 5.06. The summed E-state index contributed by atoms with van der Waals surface area (Å²) in [5, 5.41) is 8.06. The molecule has 4 heterocycles. The number of hydrogen-bond donors (Lipinski definition) is 4. The SMILES string of the molecule is COc1ccc(S(=O)(=O)Nc2cc(-c3c(N)ncnc3NC(C)c3nn4ccc(C)c4c(=O)n3-c3ccccc3)c[nH]c2=O)cc1. The molecule has 1 unspecified atom stereocenters. The van der Waals surface area contributed by atoms with Gasteiger partial charge >= 0.3 is 0 Å². The zero-order valence-electron chi connectivity index (χ0n) is 24.9. The Morgan fingerprint density at radius 2 is 1.76 bits per heavy atom. The topological polar surface area (TPSA) is 191 Å². The Bertz CT molecular complexity index is 2300. The number of nitrogen functional groups attached to an aromatic ring is 1. The molecule has 0 fully saturated rings. The maximum Gasteiger partial charge on any atom is 0.282 e. The molecule has 5 N–H and O–H groups in total. The maximum absolute atomic E-state index is 13.8. The van der Waals surface area contributed by atoms with Gasteiger partial charge in [-0.3, -0.25) is 18.9 Å². The minimum Gasteiger partial charge on any atom is -0.497 e. The van der Waals surface area contributed by atoms with E-state index in [1.165, 1.54) is 54.5 Å². The summed E-state index contributed by atoms with van der Waals surface area (Å²) in [6.45, 7) is 3.66. The van der Waals surface area contributed by atoms with Gasteiger partial charge in [-0.2, -0.15) is 5.10 Å². The molecule has 4 aromatic heterocycles. The van der Waals surface area contributed by atoms with Crippen LogP contribution in [0.3, 0.4) is 0 Å². The first-order chi connectivity index (χ1) is 22.1. The number of hydrogen-bond acceptors (Lipinski definition) is 10. The van der Waals surface area contributed by atoms with Crippen LogP contribution in [-0.2, 0) is 10.0 Å². The number of aromatic nitrogens is 6. The van der Waals surface area contributed by atoms with Gasteiger partial charge in [0, 0.05) is 18.0 Å². The Balaban J connectivity index is 1.40. The Morgan fingerprint density at radius 3 is 2.48 bits per heavy atom. The van der Waals surface area contributed by atoms with Crippen molar-refractivity contribution >= 4 is 32.9 Å². The number of para-hydroxylation sites is 1. The Morgan fingerprint density at radius 1 is 1.02 bits per heavy atom. The van der Waals surface area contributed by atoms with E-state index >= 15 is 0 Å². The number of anilines is 3. The zero-order valence-corrected chi connectivity index (χ0v) is 25.7. The second-order valence-electron chi connectivity index (χ2n) is 10.4. The highest BCUT2D eigenvalue weighted by atomic mass is 32.2. The number of benzene rings is 2. The van der Waals surface area contributed by atoms with Crippen LogP contribution in [0.2, 0.25) is 0 Å². The number of pyridine rings is 1. The molecule has 0 aliphatic rings. The molecule has 0 spiro atoms. The fourth-order valence-corrected chi connectivity index (χ4v) is 6.12. The minimum absolute atomic E-state index is 0.0607. The molecule has 0 aliphatic carbocycles. The van der Waals surface area contributed by atoms with Gasteiger partial charge in [-0.25, -0.2) is 22.9 Å². The minimum atomic E-state index is -4.13. The molecule has 0 radical (unpaired) electrons. The van der Waals surface area contributed by atoms with Gasteiger partial charge in [0.1, 0.15) is 34.9 Å². The number of aryl methyl sites for hydroxylation is 1. The van der Waals surface area contributed by atoms with Crippen LogP contribution in [0.15, 0.2) is 99.9 Å². The van der Waals surface area contributed by atoms with Crippen molar-refractivity contribution in [1.29, 1.82) is 0 Å². The Labute approximate surface area is 262 Å². The normalized spacial score (nSPS) is 12.2. The van der Waals surface area contributed by atoms with Crippen molar-refractivity contribution in [1.82, 2.24) is 29.1 Å². The van der Waals surface area contributed by atoms with Crippen molar-refractivity contribution in [3.05, 3.63) is 118 Å². The lowest BCUT2D eigenvalue weighted by Gasteiger charge is -2.21. The van der Waals surface area contributed by atoms with Gasteiger partial charge in [0.05, 0.1) is 29.3 Å². The Kier molecular flexibility index (Phi) is 7.75. The molecule has 15 heteroatoms. The van der Waals surface area contributed by atoms with E-state index in [0.717, 1.165) is 5.56 Å². The predicted molar refractivity (Wildman–Crippen MR) is 174 cm³/mol. The third kappa shape index (κ3) is 5.54. The molecule has 6 aromatic rings. The average Bonchev–Trinajstić information content (AvgIpc) is 3.43. The van der Waals surface area contributed by atoms with Crippen LogP contribution in [0.4, 0.5) is 17.3 Å². The van der Waals surface area contributed by atoms with Gasteiger partial charge in [-0.05, 0) is 67.9 Å². The molecule has 234 valence electrons. The summed E-state index contributed by atoms with van der Waals surface area (Å²) >= 11 is 0. The number of H-pyrrole nitrogens is 1. The van der Waals surface area contributed by atoms with E-state index < -0.39 is 21.6 Å². The summed E-state index contributed by atoms with van der Waals surface area (Å²) in [6.07, 6.45) is 4.37. The van der Waals surface area contributed by atoms with E-state index in [9.17, 15) is 18.0 Å². The lowest BCUT2D eigenvalue weighted by Crippen LogP contribution is -2.29. The predicted octanol–water partition coefficient (Wildman–Crippen LogP) is 3.50. The van der Waals surface area contributed by atoms with Crippen LogP contribution >= 0.6 is 0 Å². The molecule has 0 amide bonds. The number of methoxy groups -OCH3 is 1. The summed E-state index contributed by atoms with van der Waals surface area (Å²) in [4.78, 5) is 37.5. The van der Waals surface area contributed by atoms with Crippen LogP contribution in [0.5, 0.6) is 5.75 Å². The highest BCUT2D eigenvalue weighted by molar-refractivity contribution is 7.92. The van der Waals surface area contributed by atoms with Crippen molar-refractivity contribution in [2.75, 3.05) is 22.9 Å². The third-order valence-electron chi connectivity index (χ3n) is 7.35. The van der Waals surface area contributed by atoms with Crippen LogP contribution < -0.4 is 31.6 Å². The number of fused-ring (bicyclic) bond motifs is 1. The molecule has 0 saturated heterocycles. The van der Waals surface area contributed by atoms with E-state index in [4.69, 9.17) is 15.6 Å². The number of aromatic amines is 1. The summed E-state index contributed by atoms with van der Waals surface area (Å²) in [5.74, 6) is 1.18. The molecule has 2 aromatic carbocycles. The molecule has 1 atom stereocenters. The number of rotatable bonds is 9. The number of sulfonamides is 1. The van der Waals surface area contributed by atoms with Gasteiger partial charge in [-0.1, -0.05) is 18.2 Å². The summed E-state index contributed by atoms with van der Waals surface area (Å²) < 4.78 is 36.7. The van der Waals surface area contributed by atoms with Gasteiger partial charge < -0.3 is 20.8 Å². The maximum atomic E-state index is 13.8. The summed E-state index contributed by atoms with van der Waals surface area (Å²) in [5.41, 5.74) is 7.63. The average molecular weight is 640 g/mol. The molecule has 0 bridgehead atoms. The van der Waals surface area contributed by atoms with E-state index in [2.05, 4.69) is 25.0 Å². The van der Waals surface area contributed by atoms with Crippen molar-refractivity contribution in [3.8, 4) is 22.6 Å². The molecule has 0 saturated carbocycles. The summed E-state index contributed by atoms with van der Waals surface area (Å²) in [7, 11) is -2.67. The van der Waals surface area contributed by atoms with Gasteiger partial charge in [0.25, 0.3) is 21.1 Å². The molecule has 14 nitrogen and oxygen atoms in total. The largest absolute Gasteiger partial charge is 0.497 e. The van der Waals surface area contributed by atoms with Crippen molar-refractivity contribution in [2.24, 2.45) is 0 Å². The number of ether oxygens (including phenoxy) is 1. The van der Waals surface area contributed by atoms with Gasteiger partial charge in [0.2, 0.25) is 0 Å². The van der Waals surface area contributed by atoms with Crippen molar-refractivity contribution in [2.45, 2.75) is 24.8 Å². The number of nitrogens with zero attached hydrogens (tertiary/aromatic N) is 5. The van der Waals surface area contributed by atoms with Crippen LogP contribution in [0.1, 0.15) is 24.4 Å². The second-order valence-corrected chi connectivity index (χ2v) is 12.1. The van der Waals surface area contributed by atoms with Crippen molar-refractivity contribution < 1.29 is 13.2 Å². The fraction of sp³-hybridized carbons (Fsp3) is 0.129. The van der Waals surface area contributed by atoms with Gasteiger partial charge in [0.15, 0.2) is 5.82 Å². The first-order valence-electron chi connectivity index (χ1n) is 14.0. The summed E-state index contributed by atoms with van der Waals surface area (Å²) in [6, 6.07) is 17.4. The second kappa shape index (κ2) is 11.9. The van der Waals surface area contributed by atoms with Crippen LogP contribution in [-0.4, -0.2) is 44.7 Å². The van der Waals surface area contributed by atoms with Gasteiger partial charge in [-0.15, -0.1) is 0 Å². The first-order valence-corrected chi connectivity index (χ1v) is 15.5. The zero-order chi connectivity index (χ0) is 32.6. The molecular weight excluding hydrogens is 610 g/mol. The first kappa shape index (κ1) is 30.1. The van der Waals surface area contributed by atoms with Crippen molar-refractivity contribution in [3.63, 3.8) is 0 Å². The molecule has 0 aliphatic heterocycles.